The third-order valence-corrected chi connectivity index (χ3v) is 6.34. The fraction of sp³-hybridized carbons (Fsp3) is 0.435. The van der Waals surface area contributed by atoms with E-state index in [1.165, 1.54) is 0 Å². The van der Waals surface area contributed by atoms with E-state index in [4.69, 9.17) is 14.2 Å². The summed E-state index contributed by atoms with van der Waals surface area (Å²) in [7, 11) is -3.72. The molecule has 0 spiro atoms. The molecule has 0 aliphatic carbocycles. The van der Waals surface area contributed by atoms with Crippen LogP contribution in [-0.4, -0.2) is 46.4 Å². The van der Waals surface area contributed by atoms with Crippen LogP contribution in [0.2, 0.25) is 0 Å². The normalized spacial score (nSPS) is 14.9. The van der Waals surface area contributed by atoms with E-state index in [2.05, 4.69) is 5.32 Å². The molecule has 2 aromatic rings. The van der Waals surface area contributed by atoms with Crippen molar-refractivity contribution in [1.29, 1.82) is 0 Å². The zero-order valence-corrected chi connectivity index (χ0v) is 19.6. The molecule has 0 radical (unpaired) electrons. The molecule has 2 aromatic carbocycles. The Morgan fingerprint density at radius 3 is 2.34 bits per heavy atom. The van der Waals surface area contributed by atoms with Crippen molar-refractivity contribution in [3.63, 3.8) is 0 Å². The molecule has 0 saturated heterocycles. The van der Waals surface area contributed by atoms with Gasteiger partial charge in [-0.1, -0.05) is 13.0 Å². The van der Waals surface area contributed by atoms with Crippen molar-refractivity contribution in [1.82, 2.24) is 5.32 Å². The molecule has 1 N–H and O–H groups in total. The Morgan fingerprint density at radius 1 is 1.09 bits per heavy atom. The van der Waals surface area contributed by atoms with Crippen molar-refractivity contribution >= 4 is 21.6 Å². The van der Waals surface area contributed by atoms with Gasteiger partial charge in [0.2, 0.25) is 15.9 Å². The molecule has 1 heterocycles. The van der Waals surface area contributed by atoms with E-state index in [-0.39, 0.29) is 11.9 Å². The van der Waals surface area contributed by atoms with Gasteiger partial charge in [0.25, 0.3) is 0 Å². The number of nitrogens with one attached hydrogen (secondary N) is 1. The van der Waals surface area contributed by atoms with E-state index in [0.29, 0.717) is 49.2 Å². The van der Waals surface area contributed by atoms with Crippen LogP contribution in [0, 0.1) is 0 Å². The first-order valence-electron chi connectivity index (χ1n) is 10.7. The van der Waals surface area contributed by atoms with Gasteiger partial charge in [-0.15, -0.1) is 0 Å². The molecule has 1 aliphatic rings. The summed E-state index contributed by atoms with van der Waals surface area (Å²) < 4.78 is 43.1. The molecule has 32 heavy (non-hydrogen) atoms. The van der Waals surface area contributed by atoms with E-state index in [0.717, 1.165) is 16.1 Å². The minimum Gasteiger partial charge on any atom is -0.494 e. The number of anilines is 1. The van der Waals surface area contributed by atoms with E-state index in [9.17, 15) is 13.2 Å². The molecule has 174 valence electrons. The van der Waals surface area contributed by atoms with E-state index in [1.807, 2.05) is 32.0 Å². The van der Waals surface area contributed by atoms with Crippen molar-refractivity contribution in [3.8, 4) is 17.2 Å². The SMILES string of the molecule is CCOc1ccc(N(C(CC)C(=O)NC(C)c2ccc3c(c2)OCCO3)S(C)(=O)=O)cc1. The molecule has 8 nitrogen and oxygen atoms in total. The molecule has 1 amide bonds. The molecule has 0 bridgehead atoms. The molecular weight excluding hydrogens is 432 g/mol. The van der Waals surface area contributed by atoms with Crippen molar-refractivity contribution in [2.24, 2.45) is 0 Å². The summed E-state index contributed by atoms with van der Waals surface area (Å²) in [6.07, 6.45) is 1.41. The first-order valence-corrected chi connectivity index (χ1v) is 12.5. The number of sulfonamides is 1. The topological polar surface area (TPSA) is 94.2 Å². The van der Waals surface area contributed by atoms with Crippen LogP contribution in [0.4, 0.5) is 5.69 Å². The Labute approximate surface area is 189 Å². The Kier molecular flexibility index (Phi) is 7.50. The largest absolute Gasteiger partial charge is 0.494 e. The van der Waals surface area contributed by atoms with Gasteiger partial charge in [-0.05, 0) is 62.2 Å². The second-order valence-corrected chi connectivity index (χ2v) is 9.40. The highest BCUT2D eigenvalue weighted by atomic mass is 32.2. The van der Waals surface area contributed by atoms with Crippen LogP contribution in [0.1, 0.15) is 38.8 Å². The van der Waals surface area contributed by atoms with Crippen LogP contribution in [0.3, 0.4) is 0 Å². The number of rotatable bonds is 9. The first kappa shape index (κ1) is 23.7. The lowest BCUT2D eigenvalue weighted by molar-refractivity contribution is -0.122. The van der Waals surface area contributed by atoms with Crippen LogP contribution in [-0.2, 0) is 14.8 Å². The summed E-state index contributed by atoms with van der Waals surface area (Å²) in [5.41, 5.74) is 1.24. The number of fused-ring (bicyclic) bond motifs is 1. The Bertz CT molecular complexity index is 1040. The predicted molar refractivity (Wildman–Crippen MR) is 123 cm³/mol. The number of amides is 1. The fourth-order valence-electron chi connectivity index (χ4n) is 3.64. The number of ether oxygens (including phenoxy) is 3. The maximum Gasteiger partial charge on any atom is 0.244 e. The standard InChI is InChI=1S/C23H30N2O6S/c1-5-20(25(32(4,27)28)18-8-10-19(11-9-18)29-6-2)23(26)24-16(3)17-7-12-21-22(15-17)31-14-13-30-21/h7-12,15-16,20H,5-6,13-14H2,1-4H3,(H,24,26). The molecule has 2 atom stereocenters. The van der Waals surface area contributed by atoms with Gasteiger partial charge in [0.05, 0.1) is 24.6 Å². The van der Waals surface area contributed by atoms with Gasteiger partial charge in [0.1, 0.15) is 25.0 Å². The number of carbonyl (C=O) groups is 1. The zero-order chi connectivity index (χ0) is 23.3. The minimum atomic E-state index is -3.72. The van der Waals surface area contributed by atoms with Gasteiger partial charge in [-0.25, -0.2) is 8.42 Å². The van der Waals surface area contributed by atoms with Crippen LogP contribution < -0.4 is 23.8 Å². The lowest BCUT2D eigenvalue weighted by Gasteiger charge is -2.31. The predicted octanol–water partition coefficient (Wildman–Crippen LogP) is 3.28. The zero-order valence-electron chi connectivity index (χ0n) is 18.8. The number of benzene rings is 2. The summed E-state index contributed by atoms with van der Waals surface area (Å²) in [6, 6.07) is 10.9. The maximum atomic E-state index is 13.2. The second kappa shape index (κ2) is 10.1. The molecule has 2 unspecified atom stereocenters. The van der Waals surface area contributed by atoms with E-state index in [1.54, 1.807) is 31.2 Å². The fourth-order valence-corrected chi connectivity index (χ4v) is 4.85. The second-order valence-electron chi connectivity index (χ2n) is 7.54. The Hall–Kier alpha value is -2.94. The van der Waals surface area contributed by atoms with Gasteiger partial charge in [-0.2, -0.15) is 0 Å². The molecule has 9 heteroatoms. The van der Waals surface area contributed by atoms with Gasteiger partial charge in [0, 0.05) is 0 Å². The van der Waals surface area contributed by atoms with Crippen LogP contribution in [0.15, 0.2) is 42.5 Å². The van der Waals surface area contributed by atoms with E-state index < -0.39 is 16.1 Å². The number of hydrogen-bond acceptors (Lipinski definition) is 6. The average molecular weight is 463 g/mol. The lowest BCUT2D eigenvalue weighted by atomic mass is 10.1. The summed E-state index contributed by atoms with van der Waals surface area (Å²) in [5.74, 6) is 1.56. The van der Waals surface area contributed by atoms with Gasteiger partial charge >= 0.3 is 0 Å². The first-order chi connectivity index (χ1) is 15.2. The molecule has 3 rings (SSSR count). The summed E-state index contributed by atoms with van der Waals surface area (Å²) in [5, 5.41) is 2.94. The van der Waals surface area contributed by atoms with Crippen molar-refractivity contribution in [2.45, 2.75) is 39.3 Å². The van der Waals surface area contributed by atoms with Crippen LogP contribution in [0.25, 0.3) is 0 Å². The number of nitrogens with zero attached hydrogens (tertiary/aromatic N) is 1. The smallest absolute Gasteiger partial charge is 0.244 e. The van der Waals surface area contributed by atoms with E-state index >= 15 is 0 Å². The number of carbonyl (C=O) groups excluding carboxylic acids is 1. The molecular formula is C23H30N2O6S. The number of hydrogen-bond donors (Lipinski definition) is 1. The van der Waals surface area contributed by atoms with Crippen LogP contribution >= 0.6 is 0 Å². The maximum absolute atomic E-state index is 13.2. The summed E-state index contributed by atoms with van der Waals surface area (Å²) >= 11 is 0. The minimum absolute atomic E-state index is 0.306. The lowest BCUT2D eigenvalue weighted by Crippen LogP contribution is -2.49. The third kappa shape index (κ3) is 5.45. The van der Waals surface area contributed by atoms with Crippen LogP contribution in [0.5, 0.6) is 17.2 Å². The van der Waals surface area contributed by atoms with Gasteiger partial charge in [0.15, 0.2) is 11.5 Å². The Balaban J connectivity index is 1.81. The van der Waals surface area contributed by atoms with Crippen molar-refractivity contribution in [3.05, 3.63) is 48.0 Å². The van der Waals surface area contributed by atoms with Gasteiger partial charge in [-0.3, -0.25) is 9.10 Å². The Morgan fingerprint density at radius 2 is 1.75 bits per heavy atom. The summed E-state index contributed by atoms with van der Waals surface area (Å²) in [4.78, 5) is 13.2. The highest BCUT2D eigenvalue weighted by Gasteiger charge is 2.32. The molecule has 0 aromatic heterocycles. The van der Waals surface area contributed by atoms with Gasteiger partial charge < -0.3 is 19.5 Å². The molecule has 0 fully saturated rings. The highest BCUT2D eigenvalue weighted by molar-refractivity contribution is 7.92. The quantitative estimate of drug-likeness (QED) is 0.615. The average Bonchev–Trinajstić information content (AvgIpc) is 2.77. The third-order valence-electron chi connectivity index (χ3n) is 5.16. The highest BCUT2D eigenvalue weighted by Crippen LogP contribution is 2.33. The molecule has 0 saturated carbocycles. The molecule has 1 aliphatic heterocycles. The van der Waals surface area contributed by atoms with Crippen molar-refractivity contribution in [2.75, 3.05) is 30.4 Å². The summed E-state index contributed by atoms with van der Waals surface area (Å²) in [6.45, 7) is 6.98. The monoisotopic (exact) mass is 462 g/mol. The van der Waals surface area contributed by atoms with Crippen molar-refractivity contribution < 1.29 is 27.4 Å².